The van der Waals surface area contributed by atoms with Crippen LogP contribution in [0.25, 0.3) is 0 Å². The average molecular weight is 239 g/mol. The van der Waals surface area contributed by atoms with Crippen molar-refractivity contribution >= 4 is 11.9 Å². The zero-order valence-electron chi connectivity index (χ0n) is 10.8. The lowest BCUT2D eigenvalue weighted by atomic mass is 9.72. The quantitative estimate of drug-likeness (QED) is 0.805. The fraction of sp³-hybridized carbons (Fsp3) is 0.833. The van der Waals surface area contributed by atoms with E-state index in [0.717, 1.165) is 12.8 Å². The Morgan fingerprint density at radius 3 is 2.76 bits per heavy atom. The molecule has 1 aliphatic heterocycles. The Kier molecular flexibility index (Phi) is 3.12. The first-order valence-electron chi connectivity index (χ1n) is 6.27. The van der Waals surface area contributed by atoms with Crippen molar-refractivity contribution in [1.29, 1.82) is 0 Å². The van der Waals surface area contributed by atoms with Crippen LogP contribution >= 0.6 is 0 Å². The molecule has 5 nitrogen and oxygen atoms in total. The highest BCUT2D eigenvalue weighted by molar-refractivity contribution is 6.06. The summed E-state index contributed by atoms with van der Waals surface area (Å²) < 4.78 is 5.55. The summed E-state index contributed by atoms with van der Waals surface area (Å²) in [7, 11) is 0. The third kappa shape index (κ3) is 1.92. The van der Waals surface area contributed by atoms with E-state index in [0.29, 0.717) is 24.9 Å². The highest BCUT2D eigenvalue weighted by Crippen LogP contribution is 2.43. The van der Waals surface area contributed by atoms with Crippen LogP contribution in [0.15, 0.2) is 4.99 Å². The molecule has 1 spiro atoms. The lowest BCUT2D eigenvalue weighted by molar-refractivity contribution is -0.0569. The summed E-state index contributed by atoms with van der Waals surface area (Å²) in [6, 6.07) is -0.189. The monoisotopic (exact) mass is 239 g/mol. The number of carbonyl (C=O) groups excluding carboxylic acids is 1. The summed E-state index contributed by atoms with van der Waals surface area (Å²) in [5.74, 6) is 0.891. The lowest BCUT2D eigenvalue weighted by Crippen LogP contribution is -2.64. The van der Waals surface area contributed by atoms with Crippen molar-refractivity contribution in [3.63, 3.8) is 0 Å². The van der Waals surface area contributed by atoms with E-state index in [2.05, 4.69) is 18.8 Å². The van der Waals surface area contributed by atoms with E-state index in [-0.39, 0.29) is 17.7 Å². The maximum atomic E-state index is 11.8. The minimum absolute atomic E-state index is 0.189. The fourth-order valence-electron chi connectivity index (χ4n) is 2.68. The van der Waals surface area contributed by atoms with Crippen LogP contribution in [0.3, 0.4) is 0 Å². The van der Waals surface area contributed by atoms with Gasteiger partial charge in [-0.3, -0.25) is 0 Å². The summed E-state index contributed by atoms with van der Waals surface area (Å²) in [5.41, 5.74) is 5.58. The molecule has 1 heterocycles. The third-order valence-electron chi connectivity index (χ3n) is 3.52. The predicted molar refractivity (Wildman–Crippen MR) is 65.9 cm³/mol. The second-order valence-corrected chi connectivity index (χ2v) is 5.30. The van der Waals surface area contributed by atoms with Gasteiger partial charge in [0.15, 0.2) is 0 Å². The Hall–Kier alpha value is -1.10. The second kappa shape index (κ2) is 4.29. The Balaban J connectivity index is 2.09. The van der Waals surface area contributed by atoms with Gasteiger partial charge < -0.3 is 15.4 Å². The molecule has 2 rings (SSSR count). The smallest absolute Gasteiger partial charge is 0.346 e. The topological polar surface area (TPSA) is 67.9 Å². The first-order chi connectivity index (χ1) is 7.99. The number of nitrogens with two attached hydrogens (primary N) is 1. The number of carbonyl (C=O) groups is 1. The molecule has 0 bridgehead atoms. The van der Waals surface area contributed by atoms with Gasteiger partial charge in [-0.2, -0.15) is 4.99 Å². The van der Waals surface area contributed by atoms with Gasteiger partial charge in [0, 0.05) is 26.0 Å². The van der Waals surface area contributed by atoms with Crippen molar-refractivity contribution in [2.75, 3.05) is 13.2 Å². The van der Waals surface area contributed by atoms with Gasteiger partial charge in [0.1, 0.15) is 11.4 Å². The number of ether oxygens (including phenoxy) is 1. The number of nitrogens with zero attached hydrogens (tertiary/aromatic N) is 2. The molecule has 5 heteroatoms. The van der Waals surface area contributed by atoms with Crippen LogP contribution in [0, 0.1) is 5.92 Å². The molecule has 0 saturated heterocycles. The Bertz CT molecular complexity index is 346. The maximum absolute atomic E-state index is 11.8. The molecule has 1 fully saturated rings. The zero-order valence-corrected chi connectivity index (χ0v) is 10.8. The number of hydrogen-bond acceptors (Lipinski definition) is 3. The van der Waals surface area contributed by atoms with Gasteiger partial charge in [0.05, 0.1) is 6.10 Å². The van der Waals surface area contributed by atoms with E-state index in [1.165, 1.54) is 0 Å². The molecule has 0 aromatic heterocycles. The molecule has 0 unspecified atom stereocenters. The van der Waals surface area contributed by atoms with Crippen LogP contribution in [0.4, 0.5) is 4.79 Å². The first-order valence-corrected chi connectivity index (χ1v) is 6.27. The van der Waals surface area contributed by atoms with E-state index in [1.807, 2.05) is 11.8 Å². The number of amides is 2. The molecule has 1 aliphatic carbocycles. The normalized spacial score (nSPS) is 32.2. The van der Waals surface area contributed by atoms with Crippen molar-refractivity contribution < 1.29 is 9.53 Å². The molecule has 17 heavy (non-hydrogen) atoms. The number of amidine groups is 1. The fourth-order valence-corrected chi connectivity index (χ4v) is 2.68. The summed E-state index contributed by atoms with van der Waals surface area (Å²) in [6.45, 7) is 7.58. The SMILES string of the molecule is CCOC1CC2(C1)C(N)=NC(=O)N2CC(C)C. The summed E-state index contributed by atoms with van der Waals surface area (Å²) in [6.07, 6.45) is 1.79. The van der Waals surface area contributed by atoms with Gasteiger partial charge in [-0.05, 0) is 12.8 Å². The molecule has 0 radical (unpaired) electrons. The van der Waals surface area contributed by atoms with Gasteiger partial charge in [0.25, 0.3) is 0 Å². The molecular weight excluding hydrogens is 218 g/mol. The number of hydrogen-bond donors (Lipinski definition) is 1. The number of rotatable bonds is 4. The Labute approximate surface area is 102 Å². The molecule has 0 atom stereocenters. The molecule has 0 aromatic carbocycles. The molecule has 96 valence electrons. The number of aliphatic imine (C=N–C) groups is 1. The van der Waals surface area contributed by atoms with E-state index >= 15 is 0 Å². The Morgan fingerprint density at radius 2 is 2.24 bits per heavy atom. The summed E-state index contributed by atoms with van der Waals surface area (Å²) in [5, 5.41) is 0. The molecule has 2 aliphatic rings. The van der Waals surface area contributed by atoms with E-state index in [9.17, 15) is 4.79 Å². The van der Waals surface area contributed by atoms with Crippen LogP contribution in [0.2, 0.25) is 0 Å². The largest absolute Gasteiger partial charge is 0.385 e. The summed E-state index contributed by atoms with van der Waals surface area (Å²) >= 11 is 0. The van der Waals surface area contributed by atoms with Gasteiger partial charge in [-0.25, -0.2) is 4.79 Å². The molecule has 0 aromatic rings. The maximum Gasteiger partial charge on any atom is 0.346 e. The van der Waals surface area contributed by atoms with Gasteiger partial charge in [0.2, 0.25) is 0 Å². The number of urea groups is 1. The van der Waals surface area contributed by atoms with Crippen molar-refractivity contribution in [2.45, 2.75) is 45.3 Å². The highest BCUT2D eigenvalue weighted by atomic mass is 16.5. The van der Waals surface area contributed by atoms with Crippen LogP contribution in [0.5, 0.6) is 0 Å². The van der Waals surface area contributed by atoms with Gasteiger partial charge in [-0.1, -0.05) is 13.8 Å². The minimum Gasteiger partial charge on any atom is -0.385 e. The molecule has 2 amide bonds. The Morgan fingerprint density at radius 1 is 1.59 bits per heavy atom. The lowest BCUT2D eigenvalue weighted by Gasteiger charge is -2.49. The predicted octanol–water partition coefficient (Wildman–Crippen LogP) is 1.37. The standard InChI is InChI=1S/C12H21N3O2/c1-4-17-9-5-12(6-9)10(13)14-11(16)15(12)7-8(2)3/h8-9H,4-7H2,1-3H3,(H2,13,14,16). The minimum atomic E-state index is -0.346. The second-order valence-electron chi connectivity index (χ2n) is 5.30. The van der Waals surface area contributed by atoms with Crippen molar-refractivity contribution in [3.8, 4) is 0 Å². The van der Waals surface area contributed by atoms with Crippen molar-refractivity contribution in [1.82, 2.24) is 4.90 Å². The zero-order chi connectivity index (χ0) is 12.6. The van der Waals surface area contributed by atoms with E-state index in [4.69, 9.17) is 10.5 Å². The van der Waals surface area contributed by atoms with Crippen LogP contribution in [0.1, 0.15) is 33.6 Å². The van der Waals surface area contributed by atoms with E-state index < -0.39 is 0 Å². The van der Waals surface area contributed by atoms with Gasteiger partial charge >= 0.3 is 6.03 Å². The third-order valence-corrected chi connectivity index (χ3v) is 3.52. The van der Waals surface area contributed by atoms with E-state index in [1.54, 1.807) is 0 Å². The van der Waals surface area contributed by atoms with Crippen molar-refractivity contribution in [2.24, 2.45) is 16.6 Å². The van der Waals surface area contributed by atoms with Crippen molar-refractivity contribution in [3.05, 3.63) is 0 Å². The molecular formula is C12H21N3O2. The molecule has 1 saturated carbocycles. The highest BCUT2D eigenvalue weighted by Gasteiger charge is 2.57. The average Bonchev–Trinajstić information content (AvgIpc) is 2.40. The van der Waals surface area contributed by atoms with Crippen LogP contribution < -0.4 is 5.73 Å². The summed E-state index contributed by atoms with van der Waals surface area (Å²) in [4.78, 5) is 17.6. The van der Waals surface area contributed by atoms with Crippen LogP contribution in [-0.2, 0) is 4.74 Å². The molecule has 2 N–H and O–H groups in total. The van der Waals surface area contributed by atoms with Crippen LogP contribution in [-0.4, -0.2) is 41.6 Å². The first kappa shape index (κ1) is 12.4. The van der Waals surface area contributed by atoms with Gasteiger partial charge in [-0.15, -0.1) is 0 Å².